The van der Waals surface area contributed by atoms with Crippen LogP contribution in [0.4, 0.5) is 0 Å². The normalized spacial score (nSPS) is 13.2. The van der Waals surface area contributed by atoms with Crippen LogP contribution in [0.3, 0.4) is 0 Å². The molecule has 0 bridgehead atoms. The van der Waals surface area contributed by atoms with E-state index in [1.165, 1.54) is 11.3 Å². The number of nitrogens with one attached hydrogen (secondary N) is 1. The van der Waals surface area contributed by atoms with Crippen LogP contribution in [-0.4, -0.2) is 41.5 Å². The quantitative estimate of drug-likeness (QED) is 0.679. The average Bonchev–Trinajstić information content (AvgIpc) is 3.14. The Hall–Kier alpha value is -2.70. The van der Waals surface area contributed by atoms with Crippen LogP contribution in [0.2, 0.25) is 0 Å². The van der Waals surface area contributed by atoms with Crippen molar-refractivity contribution in [1.29, 1.82) is 0 Å². The Kier molecular flexibility index (Phi) is 4.83. The molecule has 0 unspecified atom stereocenters. The minimum atomic E-state index is 0.293. The Labute approximate surface area is 148 Å². The number of hydrogen-bond donors (Lipinski definition) is 1. The average molecular weight is 343 g/mol. The van der Waals surface area contributed by atoms with Crippen LogP contribution in [0.1, 0.15) is 22.5 Å². The zero-order valence-corrected chi connectivity index (χ0v) is 15.5. The summed E-state index contributed by atoms with van der Waals surface area (Å²) in [5.74, 6) is 2.44. The summed E-state index contributed by atoms with van der Waals surface area (Å²) >= 11 is 0. The molecule has 0 saturated heterocycles. The van der Waals surface area contributed by atoms with Crippen molar-refractivity contribution in [2.45, 2.75) is 26.9 Å². The number of benzene rings is 1. The summed E-state index contributed by atoms with van der Waals surface area (Å²) in [5.41, 5.74) is 4.56. The molecule has 25 heavy (non-hydrogen) atoms. The van der Waals surface area contributed by atoms with E-state index in [9.17, 15) is 0 Å². The third kappa shape index (κ3) is 3.55. The molecule has 1 N–H and O–H groups in total. The van der Waals surface area contributed by atoms with E-state index < -0.39 is 0 Å². The van der Waals surface area contributed by atoms with Crippen molar-refractivity contribution in [3.8, 4) is 11.5 Å². The molecular formula is C18H25N5O2. The Balaban J connectivity index is 1.64. The van der Waals surface area contributed by atoms with E-state index in [1.807, 2.05) is 43.9 Å². The van der Waals surface area contributed by atoms with Gasteiger partial charge in [-0.3, -0.25) is 9.67 Å². The van der Waals surface area contributed by atoms with Gasteiger partial charge in [0.25, 0.3) is 0 Å². The summed E-state index contributed by atoms with van der Waals surface area (Å²) in [7, 11) is 5.77. The zero-order chi connectivity index (χ0) is 18.0. The third-order valence-corrected chi connectivity index (χ3v) is 4.51. The first-order chi connectivity index (χ1) is 12.0. The van der Waals surface area contributed by atoms with Gasteiger partial charge >= 0.3 is 0 Å². The molecule has 7 heteroatoms. The fourth-order valence-electron chi connectivity index (χ4n) is 3.01. The summed E-state index contributed by atoms with van der Waals surface area (Å²) in [6, 6.07) is 6.01. The number of aryl methyl sites for hydroxylation is 2. The Bertz CT molecular complexity index is 797. The number of aromatic nitrogens is 2. The van der Waals surface area contributed by atoms with Crippen molar-refractivity contribution in [3.05, 3.63) is 40.7 Å². The van der Waals surface area contributed by atoms with Gasteiger partial charge in [0.05, 0.1) is 5.69 Å². The van der Waals surface area contributed by atoms with Crippen molar-refractivity contribution < 1.29 is 9.47 Å². The smallest absolute Gasteiger partial charge is 0.231 e. The molecule has 1 aliphatic heterocycles. The van der Waals surface area contributed by atoms with E-state index in [2.05, 4.69) is 27.2 Å². The number of hydrogen-bond acceptors (Lipinski definition) is 4. The van der Waals surface area contributed by atoms with Gasteiger partial charge in [0.15, 0.2) is 17.5 Å². The van der Waals surface area contributed by atoms with Crippen molar-refractivity contribution in [2.24, 2.45) is 12.0 Å². The minimum Gasteiger partial charge on any atom is -0.454 e. The van der Waals surface area contributed by atoms with E-state index in [0.29, 0.717) is 13.3 Å². The highest BCUT2D eigenvalue weighted by Crippen LogP contribution is 2.32. The van der Waals surface area contributed by atoms with Crippen molar-refractivity contribution in [3.63, 3.8) is 0 Å². The second-order valence-electron chi connectivity index (χ2n) is 6.22. The third-order valence-electron chi connectivity index (χ3n) is 4.51. The molecule has 0 radical (unpaired) electrons. The van der Waals surface area contributed by atoms with Crippen LogP contribution in [0.5, 0.6) is 11.5 Å². The number of fused-ring (bicyclic) bond motifs is 1. The topological polar surface area (TPSA) is 63.9 Å². The minimum absolute atomic E-state index is 0.293. The Morgan fingerprint density at radius 1 is 1.32 bits per heavy atom. The lowest BCUT2D eigenvalue weighted by atomic mass is 10.2. The van der Waals surface area contributed by atoms with Crippen LogP contribution >= 0.6 is 0 Å². The molecule has 2 heterocycles. The highest BCUT2D eigenvalue weighted by Gasteiger charge is 2.15. The molecule has 0 saturated carbocycles. The van der Waals surface area contributed by atoms with Gasteiger partial charge in [0, 0.05) is 45.5 Å². The predicted molar refractivity (Wildman–Crippen MR) is 96.9 cm³/mol. The lowest BCUT2D eigenvalue weighted by Crippen LogP contribution is -2.38. The van der Waals surface area contributed by atoms with E-state index in [0.717, 1.165) is 35.3 Å². The van der Waals surface area contributed by atoms with E-state index in [1.54, 1.807) is 7.05 Å². The first-order valence-electron chi connectivity index (χ1n) is 8.29. The molecule has 0 spiro atoms. The molecule has 1 aromatic carbocycles. The van der Waals surface area contributed by atoms with Crippen molar-refractivity contribution in [2.75, 3.05) is 20.9 Å². The fourth-order valence-corrected chi connectivity index (χ4v) is 3.01. The van der Waals surface area contributed by atoms with Crippen LogP contribution < -0.4 is 14.8 Å². The zero-order valence-electron chi connectivity index (χ0n) is 15.5. The maximum atomic E-state index is 5.45. The SMILES string of the molecule is CN=C(NCc1c(C)nn(C)c1C)N(C)Cc1ccc2c(c1)OCO2. The Morgan fingerprint density at radius 2 is 2.08 bits per heavy atom. The van der Waals surface area contributed by atoms with Gasteiger partial charge in [-0.25, -0.2) is 0 Å². The van der Waals surface area contributed by atoms with Crippen LogP contribution in [0.15, 0.2) is 23.2 Å². The molecule has 0 atom stereocenters. The van der Waals surface area contributed by atoms with Gasteiger partial charge in [-0.1, -0.05) is 6.07 Å². The molecule has 3 rings (SSSR count). The maximum Gasteiger partial charge on any atom is 0.231 e. The largest absolute Gasteiger partial charge is 0.454 e. The predicted octanol–water partition coefficient (Wildman–Crippen LogP) is 1.97. The maximum absolute atomic E-state index is 5.45. The van der Waals surface area contributed by atoms with Crippen LogP contribution in [-0.2, 0) is 20.1 Å². The number of rotatable bonds is 4. The van der Waals surface area contributed by atoms with Crippen LogP contribution in [0, 0.1) is 13.8 Å². The monoisotopic (exact) mass is 343 g/mol. The molecular weight excluding hydrogens is 318 g/mol. The van der Waals surface area contributed by atoms with Gasteiger partial charge < -0.3 is 19.7 Å². The standard InChI is InChI=1S/C18H25N5O2/c1-12-15(13(2)23(5)21-12)9-20-18(19-3)22(4)10-14-6-7-16-17(8-14)25-11-24-16/h6-8H,9-11H2,1-5H3,(H,19,20). The van der Waals surface area contributed by atoms with Gasteiger partial charge in [-0.2, -0.15) is 5.10 Å². The van der Waals surface area contributed by atoms with E-state index in [4.69, 9.17) is 9.47 Å². The number of nitrogens with zero attached hydrogens (tertiary/aromatic N) is 4. The van der Waals surface area contributed by atoms with Gasteiger partial charge in [0.1, 0.15) is 0 Å². The second kappa shape index (κ2) is 7.04. The number of ether oxygens (including phenoxy) is 2. The van der Waals surface area contributed by atoms with Gasteiger partial charge in [-0.15, -0.1) is 0 Å². The molecule has 0 amide bonds. The van der Waals surface area contributed by atoms with Gasteiger partial charge in [-0.05, 0) is 31.5 Å². The number of guanidine groups is 1. The van der Waals surface area contributed by atoms with Crippen molar-refractivity contribution in [1.82, 2.24) is 20.0 Å². The molecule has 134 valence electrons. The summed E-state index contributed by atoms with van der Waals surface area (Å²) in [5, 5.41) is 7.88. The van der Waals surface area contributed by atoms with Gasteiger partial charge in [0.2, 0.25) is 6.79 Å². The highest BCUT2D eigenvalue weighted by molar-refractivity contribution is 5.79. The highest BCUT2D eigenvalue weighted by atomic mass is 16.7. The molecule has 2 aromatic rings. The molecule has 0 aliphatic carbocycles. The van der Waals surface area contributed by atoms with E-state index in [-0.39, 0.29) is 0 Å². The second-order valence-corrected chi connectivity index (χ2v) is 6.22. The first kappa shape index (κ1) is 17.1. The van der Waals surface area contributed by atoms with Crippen LogP contribution in [0.25, 0.3) is 0 Å². The molecule has 1 aliphatic rings. The molecule has 0 fully saturated rings. The first-order valence-corrected chi connectivity index (χ1v) is 8.29. The number of aliphatic imine (C=N–C) groups is 1. The fraction of sp³-hybridized carbons (Fsp3) is 0.444. The lowest BCUT2D eigenvalue weighted by molar-refractivity contribution is 0.174. The summed E-state index contributed by atoms with van der Waals surface area (Å²) < 4.78 is 12.7. The summed E-state index contributed by atoms with van der Waals surface area (Å²) in [6.45, 7) is 5.83. The van der Waals surface area contributed by atoms with E-state index >= 15 is 0 Å². The summed E-state index contributed by atoms with van der Waals surface area (Å²) in [6.07, 6.45) is 0. The lowest BCUT2D eigenvalue weighted by Gasteiger charge is -2.22. The Morgan fingerprint density at radius 3 is 2.76 bits per heavy atom. The molecule has 1 aromatic heterocycles. The van der Waals surface area contributed by atoms with Crippen molar-refractivity contribution >= 4 is 5.96 Å². The molecule has 7 nitrogen and oxygen atoms in total. The summed E-state index contributed by atoms with van der Waals surface area (Å²) in [4.78, 5) is 6.47.